The summed E-state index contributed by atoms with van der Waals surface area (Å²) in [4.78, 5) is 4.19. The lowest BCUT2D eigenvalue weighted by atomic mass is 10.1. The average Bonchev–Trinajstić information content (AvgIpc) is 2.38. The first kappa shape index (κ1) is 13.7. The fraction of sp³-hybridized carbons (Fsp3) is 0.154. The molecule has 0 bridgehead atoms. The normalized spacial score (nSPS) is 12.2. The summed E-state index contributed by atoms with van der Waals surface area (Å²) in [6.45, 7) is 0.569. The van der Waals surface area contributed by atoms with Crippen molar-refractivity contribution in [3.8, 4) is 0 Å². The van der Waals surface area contributed by atoms with Crippen LogP contribution in [0.1, 0.15) is 10.9 Å². The van der Waals surface area contributed by atoms with Gasteiger partial charge in [-0.15, -0.1) is 11.6 Å². The quantitative estimate of drug-likeness (QED) is 0.798. The van der Waals surface area contributed by atoms with Crippen molar-refractivity contribution in [3.63, 3.8) is 0 Å². The molecule has 1 N–H and O–H groups in total. The van der Waals surface area contributed by atoms with Crippen LogP contribution in [0.25, 0.3) is 0 Å². The summed E-state index contributed by atoms with van der Waals surface area (Å²) in [5.41, 5.74) is 1.07. The van der Waals surface area contributed by atoms with E-state index >= 15 is 0 Å². The third-order valence-electron chi connectivity index (χ3n) is 2.42. The summed E-state index contributed by atoms with van der Waals surface area (Å²) in [5, 5.41) is 3.60. The minimum Gasteiger partial charge on any atom is -0.367 e. The Morgan fingerprint density at radius 3 is 2.67 bits per heavy atom. The Labute approximate surface area is 124 Å². The smallest absolute Gasteiger partial charge is 0.144 e. The van der Waals surface area contributed by atoms with Crippen LogP contribution in [-0.2, 0) is 0 Å². The highest BCUT2D eigenvalue weighted by atomic mass is 79.9. The van der Waals surface area contributed by atoms with Gasteiger partial charge in [0.05, 0.1) is 10.4 Å². The van der Waals surface area contributed by atoms with E-state index in [1.54, 1.807) is 12.3 Å². The summed E-state index contributed by atoms with van der Waals surface area (Å²) in [6, 6.07) is 11.7. The SMILES string of the molecule is Clc1cc(Br)cnc1NCC(Cl)c1ccccc1. The minimum absolute atomic E-state index is 0.118. The van der Waals surface area contributed by atoms with Gasteiger partial charge in [0.2, 0.25) is 0 Å². The fourth-order valence-electron chi connectivity index (χ4n) is 1.51. The topological polar surface area (TPSA) is 24.9 Å². The van der Waals surface area contributed by atoms with Crippen LogP contribution >= 0.6 is 39.1 Å². The molecule has 0 aliphatic carbocycles. The van der Waals surface area contributed by atoms with Crippen molar-refractivity contribution in [1.82, 2.24) is 4.98 Å². The molecule has 2 aromatic rings. The number of pyridine rings is 1. The van der Waals surface area contributed by atoms with E-state index < -0.39 is 0 Å². The van der Waals surface area contributed by atoms with Gasteiger partial charge in [0.15, 0.2) is 0 Å². The van der Waals surface area contributed by atoms with E-state index in [0.717, 1.165) is 10.0 Å². The highest BCUT2D eigenvalue weighted by Gasteiger charge is 2.09. The highest BCUT2D eigenvalue weighted by molar-refractivity contribution is 9.10. The number of anilines is 1. The summed E-state index contributed by atoms with van der Waals surface area (Å²) < 4.78 is 0.850. The Kier molecular flexibility index (Phi) is 4.87. The molecule has 0 spiro atoms. The van der Waals surface area contributed by atoms with Gasteiger partial charge < -0.3 is 5.32 Å². The zero-order valence-electron chi connectivity index (χ0n) is 9.41. The Morgan fingerprint density at radius 1 is 1.28 bits per heavy atom. The number of hydrogen-bond donors (Lipinski definition) is 1. The molecular formula is C13H11BrCl2N2. The number of benzene rings is 1. The summed E-state index contributed by atoms with van der Waals surface area (Å²) in [6.07, 6.45) is 1.69. The highest BCUT2D eigenvalue weighted by Crippen LogP contribution is 2.25. The van der Waals surface area contributed by atoms with Crippen LogP contribution in [0.15, 0.2) is 47.1 Å². The standard InChI is InChI=1S/C13H11BrCl2N2/c14-10-6-11(15)13(17-7-10)18-8-12(16)9-4-2-1-3-5-9/h1-7,12H,8H2,(H,17,18). The van der Waals surface area contributed by atoms with Crippen molar-refractivity contribution < 1.29 is 0 Å². The average molecular weight is 346 g/mol. The van der Waals surface area contributed by atoms with Crippen LogP contribution in [0.4, 0.5) is 5.82 Å². The second kappa shape index (κ2) is 6.41. The van der Waals surface area contributed by atoms with Crippen LogP contribution < -0.4 is 5.32 Å². The lowest BCUT2D eigenvalue weighted by Gasteiger charge is -2.12. The molecule has 1 atom stereocenters. The molecule has 18 heavy (non-hydrogen) atoms. The maximum Gasteiger partial charge on any atom is 0.144 e. The van der Waals surface area contributed by atoms with E-state index in [4.69, 9.17) is 23.2 Å². The Bertz CT molecular complexity index is 520. The summed E-state index contributed by atoms with van der Waals surface area (Å²) in [7, 11) is 0. The second-order valence-electron chi connectivity index (χ2n) is 3.74. The first-order valence-corrected chi connectivity index (χ1v) is 7.01. The molecule has 1 aromatic carbocycles. The second-order valence-corrected chi connectivity index (χ2v) is 5.59. The number of alkyl halides is 1. The van der Waals surface area contributed by atoms with Crippen molar-refractivity contribution in [2.24, 2.45) is 0 Å². The molecule has 0 saturated heterocycles. The molecule has 0 saturated carbocycles. The summed E-state index contributed by atoms with van der Waals surface area (Å²) >= 11 is 15.7. The molecule has 2 rings (SSSR count). The van der Waals surface area contributed by atoms with Crippen molar-refractivity contribution >= 4 is 44.9 Å². The van der Waals surface area contributed by atoms with Gasteiger partial charge in [-0.3, -0.25) is 0 Å². The third-order valence-corrected chi connectivity index (χ3v) is 3.55. The first-order valence-electron chi connectivity index (χ1n) is 5.41. The molecule has 0 aliphatic rings. The van der Waals surface area contributed by atoms with Gasteiger partial charge in [0, 0.05) is 17.2 Å². The van der Waals surface area contributed by atoms with E-state index in [1.807, 2.05) is 30.3 Å². The maximum absolute atomic E-state index is 6.30. The summed E-state index contributed by atoms with van der Waals surface area (Å²) in [5.74, 6) is 0.640. The van der Waals surface area contributed by atoms with E-state index in [2.05, 4.69) is 26.2 Å². The van der Waals surface area contributed by atoms with E-state index in [9.17, 15) is 0 Å². The third kappa shape index (κ3) is 3.61. The Morgan fingerprint density at radius 2 is 2.00 bits per heavy atom. The number of aromatic nitrogens is 1. The van der Waals surface area contributed by atoms with Crippen LogP contribution in [0.5, 0.6) is 0 Å². The van der Waals surface area contributed by atoms with Gasteiger partial charge in [-0.2, -0.15) is 0 Å². The Hall–Kier alpha value is -0.770. The molecule has 0 fully saturated rings. The molecule has 0 amide bonds. The van der Waals surface area contributed by atoms with Crippen LogP contribution in [0, 0.1) is 0 Å². The first-order chi connectivity index (χ1) is 8.66. The van der Waals surface area contributed by atoms with Gasteiger partial charge in [-0.25, -0.2) is 4.98 Å². The lowest BCUT2D eigenvalue weighted by Crippen LogP contribution is -2.09. The number of nitrogens with one attached hydrogen (secondary N) is 1. The number of hydrogen-bond acceptors (Lipinski definition) is 2. The molecule has 1 unspecified atom stereocenters. The molecule has 5 heteroatoms. The zero-order valence-corrected chi connectivity index (χ0v) is 12.5. The van der Waals surface area contributed by atoms with E-state index in [-0.39, 0.29) is 5.38 Å². The number of halogens is 3. The predicted octanol–water partition coefficient (Wildman–Crippen LogP) is 4.89. The molecule has 0 aliphatic heterocycles. The van der Waals surface area contributed by atoms with Crippen molar-refractivity contribution in [2.45, 2.75) is 5.38 Å². The molecule has 2 nitrogen and oxygen atoms in total. The molecule has 1 heterocycles. The largest absolute Gasteiger partial charge is 0.367 e. The number of nitrogens with zero attached hydrogens (tertiary/aromatic N) is 1. The monoisotopic (exact) mass is 344 g/mol. The van der Waals surface area contributed by atoms with Gasteiger partial charge in [0.25, 0.3) is 0 Å². The predicted molar refractivity (Wildman–Crippen MR) is 80.5 cm³/mol. The van der Waals surface area contributed by atoms with Crippen LogP contribution in [0.2, 0.25) is 5.02 Å². The fourth-order valence-corrected chi connectivity index (χ4v) is 2.43. The zero-order chi connectivity index (χ0) is 13.0. The minimum atomic E-state index is -0.118. The van der Waals surface area contributed by atoms with Gasteiger partial charge in [-0.05, 0) is 27.6 Å². The molecule has 0 radical (unpaired) electrons. The molecular weight excluding hydrogens is 335 g/mol. The Balaban J connectivity index is 1.99. The van der Waals surface area contributed by atoms with Crippen molar-refractivity contribution in [2.75, 3.05) is 11.9 Å². The van der Waals surface area contributed by atoms with Crippen LogP contribution in [0.3, 0.4) is 0 Å². The van der Waals surface area contributed by atoms with Crippen LogP contribution in [-0.4, -0.2) is 11.5 Å². The van der Waals surface area contributed by atoms with E-state index in [0.29, 0.717) is 17.4 Å². The van der Waals surface area contributed by atoms with Crippen molar-refractivity contribution in [1.29, 1.82) is 0 Å². The molecule has 1 aromatic heterocycles. The number of rotatable bonds is 4. The van der Waals surface area contributed by atoms with E-state index in [1.165, 1.54) is 0 Å². The van der Waals surface area contributed by atoms with Gasteiger partial charge in [0.1, 0.15) is 5.82 Å². The molecule has 94 valence electrons. The maximum atomic E-state index is 6.30. The van der Waals surface area contributed by atoms with Gasteiger partial charge >= 0.3 is 0 Å². The lowest BCUT2D eigenvalue weighted by molar-refractivity contribution is 0.967. The van der Waals surface area contributed by atoms with Crippen molar-refractivity contribution in [3.05, 3.63) is 57.7 Å². The van der Waals surface area contributed by atoms with Gasteiger partial charge in [-0.1, -0.05) is 41.9 Å².